The standard InChI is InChI=1S/C23H21FN4O3/c24-18-7-5-17(6-8-18)21-15-26-23(31-21)10-9-22(29)27-19-3-1-2-4-20(19)30-14-13-28-12-11-25-16-28/h1-8,11-12,15-16H,9-10,13-14H2,(H,27,29). The Morgan fingerprint density at radius 1 is 1.16 bits per heavy atom. The Balaban J connectivity index is 1.29. The highest BCUT2D eigenvalue weighted by Crippen LogP contribution is 2.24. The number of nitrogens with one attached hydrogen (secondary N) is 1. The van der Waals surface area contributed by atoms with Crippen molar-refractivity contribution >= 4 is 11.6 Å². The lowest BCUT2D eigenvalue weighted by atomic mass is 10.2. The molecule has 0 saturated carbocycles. The van der Waals surface area contributed by atoms with Gasteiger partial charge in [0.25, 0.3) is 0 Å². The Labute approximate surface area is 178 Å². The van der Waals surface area contributed by atoms with Gasteiger partial charge in [0.15, 0.2) is 11.7 Å². The summed E-state index contributed by atoms with van der Waals surface area (Å²) in [6, 6.07) is 13.3. The predicted molar refractivity (Wildman–Crippen MR) is 113 cm³/mol. The normalized spacial score (nSPS) is 10.7. The van der Waals surface area contributed by atoms with Crippen LogP contribution in [-0.4, -0.2) is 27.0 Å². The second-order valence-electron chi connectivity index (χ2n) is 6.82. The number of imidazole rings is 1. The van der Waals surface area contributed by atoms with Gasteiger partial charge >= 0.3 is 0 Å². The smallest absolute Gasteiger partial charge is 0.224 e. The number of para-hydroxylation sites is 2. The molecule has 31 heavy (non-hydrogen) atoms. The number of hydrogen-bond donors (Lipinski definition) is 1. The first-order valence-electron chi connectivity index (χ1n) is 9.85. The molecular formula is C23H21FN4O3. The minimum Gasteiger partial charge on any atom is -0.490 e. The number of carbonyl (C=O) groups excluding carboxylic acids is 1. The maximum atomic E-state index is 13.1. The first-order valence-corrected chi connectivity index (χ1v) is 9.85. The van der Waals surface area contributed by atoms with Gasteiger partial charge in [-0.15, -0.1) is 0 Å². The fraction of sp³-hybridized carbons (Fsp3) is 0.174. The second kappa shape index (κ2) is 9.71. The Bertz CT molecular complexity index is 1120. The van der Waals surface area contributed by atoms with Crippen LogP contribution < -0.4 is 10.1 Å². The van der Waals surface area contributed by atoms with E-state index in [0.717, 1.165) is 5.56 Å². The van der Waals surface area contributed by atoms with Crippen LogP contribution in [0.25, 0.3) is 11.3 Å². The fourth-order valence-corrected chi connectivity index (χ4v) is 2.98. The van der Waals surface area contributed by atoms with E-state index in [1.54, 1.807) is 36.9 Å². The summed E-state index contributed by atoms with van der Waals surface area (Å²) in [5, 5.41) is 2.87. The van der Waals surface area contributed by atoms with Gasteiger partial charge in [-0.2, -0.15) is 0 Å². The quantitative estimate of drug-likeness (QED) is 0.436. The van der Waals surface area contributed by atoms with E-state index in [1.165, 1.54) is 12.1 Å². The molecule has 0 spiro atoms. The molecule has 0 radical (unpaired) electrons. The monoisotopic (exact) mass is 420 g/mol. The number of aromatic nitrogens is 3. The van der Waals surface area contributed by atoms with Gasteiger partial charge in [-0.05, 0) is 36.4 Å². The van der Waals surface area contributed by atoms with Crippen LogP contribution in [0.1, 0.15) is 12.3 Å². The minimum absolute atomic E-state index is 0.174. The summed E-state index contributed by atoms with van der Waals surface area (Å²) in [4.78, 5) is 20.6. The van der Waals surface area contributed by atoms with E-state index in [-0.39, 0.29) is 18.1 Å². The number of ether oxygens (including phenoxy) is 1. The van der Waals surface area contributed by atoms with Crippen molar-refractivity contribution in [3.05, 3.63) is 85.2 Å². The van der Waals surface area contributed by atoms with Crippen LogP contribution in [0.4, 0.5) is 10.1 Å². The van der Waals surface area contributed by atoms with Crippen molar-refractivity contribution in [2.45, 2.75) is 19.4 Å². The molecule has 0 fully saturated rings. The van der Waals surface area contributed by atoms with E-state index >= 15 is 0 Å². The number of nitrogens with zero attached hydrogens (tertiary/aromatic N) is 3. The summed E-state index contributed by atoms with van der Waals surface area (Å²) in [7, 11) is 0. The van der Waals surface area contributed by atoms with Crippen LogP contribution >= 0.6 is 0 Å². The van der Waals surface area contributed by atoms with Gasteiger partial charge in [-0.1, -0.05) is 12.1 Å². The molecule has 158 valence electrons. The van der Waals surface area contributed by atoms with E-state index in [9.17, 15) is 9.18 Å². The van der Waals surface area contributed by atoms with Crippen LogP contribution in [0, 0.1) is 5.82 Å². The van der Waals surface area contributed by atoms with Crippen molar-refractivity contribution in [2.75, 3.05) is 11.9 Å². The van der Waals surface area contributed by atoms with E-state index in [4.69, 9.17) is 9.15 Å². The Morgan fingerprint density at radius 2 is 2.00 bits per heavy atom. The van der Waals surface area contributed by atoms with Gasteiger partial charge in [0, 0.05) is 30.8 Å². The Morgan fingerprint density at radius 3 is 2.81 bits per heavy atom. The minimum atomic E-state index is -0.314. The van der Waals surface area contributed by atoms with Crippen LogP contribution in [-0.2, 0) is 17.8 Å². The number of benzene rings is 2. The highest BCUT2D eigenvalue weighted by Gasteiger charge is 2.11. The molecule has 0 bridgehead atoms. The van der Waals surface area contributed by atoms with Crippen LogP contribution in [0.2, 0.25) is 0 Å². The summed E-state index contributed by atoms with van der Waals surface area (Å²) in [5.41, 5.74) is 1.34. The van der Waals surface area contributed by atoms with E-state index in [0.29, 0.717) is 42.7 Å². The molecule has 1 amide bonds. The SMILES string of the molecule is O=C(CCc1ncc(-c2ccc(F)cc2)o1)Nc1ccccc1OCCn1ccnc1. The lowest BCUT2D eigenvalue weighted by molar-refractivity contribution is -0.116. The number of aryl methyl sites for hydroxylation is 1. The van der Waals surface area contributed by atoms with Crippen molar-refractivity contribution in [1.82, 2.24) is 14.5 Å². The average molecular weight is 420 g/mol. The van der Waals surface area contributed by atoms with E-state index < -0.39 is 0 Å². The lowest BCUT2D eigenvalue weighted by Gasteiger charge is -2.12. The molecule has 7 nitrogen and oxygen atoms in total. The number of amides is 1. The first-order chi connectivity index (χ1) is 15.2. The van der Waals surface area contributed by atoms with Crippen molar-refractivity contribution in [1.29, 1.82) is 0 Å². The third-order valence-corrected chi connectivity index (χ3v) is 4.58. The molecule has 0 aliphatic rings. The molecule has 1 N–H and O–H groups in total. The van der Waals surface area contributed by atoms with E-state index in [1.807, 2.05) is 29.0 Å². The lowest BCUT2D eigenvalue weighted by Crippen LogP contribution is -2.14. The van der Waals surface area contributed by atoms with Gasteiger partial charge in [-0.3, -0.25) is 4.79 Å². The van der Waals surface area contributed by atoms with Gasteiger partial charge in [0.05, 0.1) is 24.8 Å². The Kier molecular flexibility index (Phi) is 6.37. The molecule has 0 aliphatic heterocycles. The molecule has 4 rings (SSSR count). The summed E-state index contributed by atoms with van der Waals surface area (Å²) in [5.74, 6) is 1.09. The maximum absolute atomic E-state index is 13.1. The summed E-state index contributed by atoms with van der Waals surface area (Å²) in [6.07, 6.45) is 7.42. The maximum Gasteiger partial charge on any atom is 0.224 e. The molecular weight excluding hydrogens is 399 g/mol. The highest BCUT2D eigenvalue weighted by atomic mass is 19.1. The average Bonchev–Trinajstić information content (AvgIpc) is 3.46. The van der Waals surface area contributed by atoms with Gasteiger partial charge in [-0.25, -0.2) is 14.4 Å². The van der Waals surface area contributed by atoms with Crippen LogP contribution in [0.15, 0.2) is 77.9 Å². The molecule has 0 saturated heterocycles. The summed E-state index contributed by atoms with van der Waals surface area (Å²) in [6.45, 7) is 1.11. The van der Waals surface area contributed by atoms with Gasteiger partial charge in [0.2, 0.25) is 5.91 Å². The number of hydrogen-bond acceptors (Lipinski definition) is 5. The topological polar surface area (TPSA) is 82.2 Å². The number of carbonyl (C=O) groups is 1. The third kappa shape index (κ3) is 5.57. The predicted octanol–water partition coefficient (Wildman–Crippen LogP) is 4.33. The zero-order valence-electron chi connectivity index (χ0n) is 16.7. The molecule has 0 aliphatic carbocycles. The van der Waals surface area contributed by atoms with Crippen LogP contribution in [0.5, 0.6) is 5.75 Å². The highest BCUT2D eigenvalue weighted by molar-refractivity contribution is 5.92. The third-order valence-electron chi connectivity index (χ3n) is 4.58. The molecule has 4 aromatic rings. The summed E-state index contributed by atoms with van der Waals surface area (Å²) < 4.78 is 26.5. The van der Waals surface area contributed by atoms with Crippen molar-refractivity contribution in [3.8, 4) is 17.1 Å². The molecule has 0 atom stereocenters. The summed E-state index contributed by atoms with van der Waals surface area (Å²) >= 11 is 0. The number of halogens is 1. The number of rotatable bonds is 9. The molecule has 2 aromatic heterocycles. The molecule has 0 unspecified atom stereocenters. The van der Waals surface area contributed by atoms with Crippen molar-refractivity contribution in [2.24, 2.45) is 0 Å². The number of anilines is 1. The number of oxazole rings is 1. The van der Waals surface area contributed by atoms with Crippen molar-refractivity contribution < 1.29 is 18.3 Å². The molecule has 2 aromatic carbocycles. The molecule has 8 heteroatoms. The second-order valence-corrected chi connectivity index (χ2v) is 6.82. The van der Waals surface area contributed by atoms with Gasteiger partial charge in [0.1, 0.15) is 18.2 Å². The zero-order chi connectivity index (χ0) is 21.5. The fourth-order valence-electron chi connectivity index (χ4n) is 2.98. The largest absolute Gasteiger partial charge is 0.490 e. The van der Waals surface area contributed by atoms with E-state index in [2.05, 4.69) is 15.3 Å². The zero-order valence-corrected chi connectivity index (χ0v) is 16.7. The van der Waals surface area contributed by atoms with Crippen molar-refractivity contribution in [3.63, 3.8) is 0 Å². The molecule has 2 heterocycles. The first kappa shape index (κ1) is 20.3. The van der Waals surface area contributed by atoms with Crippen LogP contribution in [0.3, 0.4) is 0 Å². The Hall–Kier alpha value is -3.94. The van der Waals surface area contributed by atoms with Gasteiger partial charge < -0.3 is 19.0 Å².